The fourth-order valence-electron chi connectivity index (χ4n) is 2.59. The highest BCUT2D eigenvalue weighted by Crippen LogP contribution is 2.14. The molecule has 0 bridgehead atoms. The van der Waals surface area contributed by atoms with Gasteiger partial charge in [0.1, 0.15) is 5.54 Å². The Labute approximate surface area is 131 Å². The first kappa shape index (κ1) is 20.4. The molecule has 0 heterocycles. The minimum atomic E-state index is -0.652. The summed E-state index contributed by atoms with van der Waals surface area (Å²) in [5, 5.41) is 3.40. The van der Waals surface area contributed by atoms with E-state index in [9.17, 15) is 4.79 Å². The molecule has 0 aromatic heterocycles. The topological polar surface area (TPSA) is 41.6 Å². The van der Waals surface area contributed by atoms with Gasteiger partial charge in [0.05, 0.1) is 6.61 Å². The van der Waals surface area contributed by atoms with E-state index in [1.807, 2.05) is 13.8 Å². The molecule has 0 aliphatic carbocycles. The van der Waals surface area contributed by atoms with Gasteiger partial charge in [-0.3, -0.25) is 15.0 Å². The van der Waals surface area contributed by atoms with Crippen LogP contribution in [-0.2, 0) is 9.53 Å². The van der Waals surface area contributed by atoms with Gasteiger partial charge in [0.2, 0.25) is 0 Å². The summed E-state index contributed by atoms with van der Waals surface area (Å²) in [6.07, 6.45) is 3.62. The summed E-state index contributed by atoms with van der Waals surface area (Å²) >= 11 is 0. The van der Waals surface area contributed by atoms with Crippen molar-refractivity contribution in [2.45, 2.75) is 85.4 Å². The van der Waals surface area contributed by atoms with E-state index in [1.54, 1.807) is 0 Å². The third kappa shape index (κ3) is 7.82. The number of hydrogen-bond acceptors (Lipinski definition) is 4. The van der Waals surface area contributed by atoms with Gasteiger partial charge in [-0.25, -0.2) is 0 Å². The predicted octanol–water partition coefficient (Wildman–Crippen LogP) is 3.21. The summed E-state index contributed by atoms with van der Waals surface area (Å²) in [5.41, 5.74) is -0.652. The van der Waals surface area contributed by atoms with Crippen molar-refractivity contribution >= 4 is 5.97 Å². The summed E-state index contributed by atoms with van der Waals surface area (Å²) in [6.45, 7) is 16.7. The van der Waals surface area contributed by atoms with Gasteiger partial charge in [0.15, 0.2) is 0 Å². The van der Waals surface area contributed by atoms with Crippen molar-refractivity contribution in [3.05, 3.63) is 0 Å². The SMILES string of the molecule is CCCCCN(CC(C)(NC(C)C)C(=O)OCC)C(C)C. The van der Waals surface area contributed by atoms with Crippen LogP contribution in [0.4, 0.5) is 0 Å². The molecule has 21 heavy (non-hydrogen) atoms. The molecule has 0 fully saturated rings. The maximum absolute atomic E-state index is 12.4. The van der Waals surface area contributed by atoms with Crippen LogP contribution < -0.4 is 5.32 Å². The smallest absolute Gasteiger partial charge is 0.327 e. The first-order chi connectivity index (χ1) is 9.76. The monoisotopic (exact) mass is 300 g/mol. The van der Waals surface area contributed by atoms with Crippen molar-refractivity contribution in [2.75, 3.05) is 19.7 Å². The minimum absolute atomic E-state index is 0.153. The second kappa shape index (κ2) is 10.2. The molecule has 0 saturated carbocycles. The number of carbonyl (C=O) groups excluding carboxylic acids is 1. The third-order valence-corrected chi connectivity index (χ3v) is 3.63. The van der Waals surface area contributed by atoms with Crippen molar-refractivity contribution in [2.24, 2.45) is 0 Å². The molecule has 4 heteroatoms. The summed E-state index contributed by atoms with van der Waals surface area (Å²) in [7, 11) is 0. The van der Waals surface area contributed by atoms with Gasteiger partial charge >= 0.3 is 5.97 Å². The van der Waals surface area contributed by atoms with Crippen LogP contribution in [0.25, 0.3) is 0 Å². The lowest BCUT2D eigenvalue weighted by Gasteiger charge is -2.37. The summed E-state index contributed by atoms with van der Waals surface area (Å²) < 4.78 is 5.29. The number of ether oxygens (including phenoxy) is 1. The van der Waals surface area contributed by atoms with Crippen molar-refractivity contribution in [1.82, 2.24) is 10.2 Å². The van der Waals surface area contributed by atoms with Crippen LogP contribution in [0.5, 0.6) is 0 Å². The van der Waals surface area contributed by atoms with E-state index in [1.165, 1.54) is 19.3 Å². The van der Waals surface area contributed by atoms with Crippen LogP contribution >= 0.6 is 0 Å². The zero-order valence-corrected chi connectivity index (χ0v) is 15.2. The van der Waals surface area contributed by atoms with Crippen molar-refractivity contribution in [3.8, 4) is 0 Å². The zero-order chi connectivity index (χ0) is 16.5. The number of nitrogens with zero attached hydrogens (tertiary/aromatic N) is 1. The van der Waals surface area contributed by atoms with Crippen molar-refractivity contribution in [3.63, 3.8) is 0 Å². The molecule has 126 valence electrons. The molecular formula is C17H36N2O2. The number of hydrogen-bond donors (Lipinski definition) is 1. The van der Waals surface area contributed by atoms with E-state index in [-0.39, 0.29) is 12.0 Å². The van der Waals surface area contributed by atoms with E-state index in [0.29, 0.717) is 19.2 Å². The van der Waals surface area contributed by atoms with E-state index in [0.717, 1.165) is 6.54 Å². The Morgan fingerprint density at radius 2 is 1.81 bits per heavy atom. The van der Waals surface area contributed by atoms with Gasteiger partial charge < -0.3 is 4.74 Å². The Bertz CT molecular complexity index is 293. The second-order valence-electron chi connectivity index (χ2n) is 6.62. The molecular weight excluding hydrogens is 264 g/mol. The quantitative estimate of drug-likeness (QED) is 0.470. The summed E-state index contributed by atoms with van der Waals surface area (Å²) in [6, 6.07) is 0.661. The van der Waals surface area contributed by atoms with Crippen LogP contribution in [0.3, 0.4) is 0 Å². The molecule has 4 nitrogen and oxygen atoms in total. The summed E-state index contributed by atoms with van der Waals surface area (Å²) in [5.74, 6) is -0.153. The maximum atomic E-state index is 12.4. The van der Waals surface area contributed by atoms with Crippen LogP contribution in [0.15, 0.2) is 0 Å². The van der Waals surface area contributed by atoms with Gasteiger partial charge in [-0.1, -0.05) is 19.8 Å². The van der Waals surface area contributed by atoms with Gasteiger partial charge in [-0.15, -0.1) is 0 Å². The molecule has 0 spiro atoms. The minimum Gasteiger partial charge on any atom is -0.465 e. The second-order valence-corrected chi connectivity index (χ2v) is 6.62. The number of rotatable bonds is 11. The maximum Gasteiger partial charge on any atom is 0.327 e. The van der Waals surface area contributed by atoms with Crippen LogP contribution in [-0.4, -0.2) is 48.2 Å². The lowest BCUT2D eigenvalue weighted by molar-refractivity contribution is -0.152. The van der Waals surface area contributed by atoms with Gasteiger partial charge in [-0.05, 0) is 54.5 Å². The van der Waals surface area contributed by atoms with E-state index in [2.05, 4.69) is 44.8 Å². The lowest BCUT2D eigenvalue weighted by Crippen LogP contribution is -2.60. The Kier molecular flexibility index (Phi) is 9.88. The average molecular weight is 300 g/mol. The molecule has 0 aromatic carbocycles. The van der Waals surface area contributed by atoms with Crippen molar-refractivity contribution < 1.29 is 9.53 Å². The van der Waals surface area contributed by atoms with Gasteiger partial charge in [0.25, 0.3) is 0 Å². The first-order valence-corrected chi connectivity index (χ1v) is 8.45. The molecule has 0 radical (unpaired) electrons. The van der Waals surface area contributed by atoms with E-state index in [4.69, 9.17) is 4.74 Å². The number of unbranched alkanes of at least 4 members (excludes halogenated alkanes) is 2. The van der Waals surface area contributed by atoms with Crippen LogP contribution in [0, 0.1) is 0 Å². The van der Waals surface area contributed by atoms with Gasteiger partial charge in [0, 0.05) is 18.6 Å². The highest BCUT2D eigenvalue weighted by molar-refractivity contribution is 5.80. The normalized spacial score (nSPS) is 14.8. The molecule has 1 atom stereocenters. The molecule has 0 aliphatic heterocycles. The first-order valence-electron chi connectivity index (χ1n) is 8.45. The molecule has 0 aromatic rings. The number of nitrogens with one attached hydrogen (secondary N) is 1. The molecule has 1 unspecified atom stereocenters. The number of esters is 1. The Morgan fingerprint density at radius 1 is 1.19 bits per heavy atom. The summed E-state index contributed by atoms with van der Waals surface area (Å²) in [4.78, 5) is 14.8. The highest BCUT2D eigenvalue weighted by atomic mass is 16.5. The molecule has 0 aliphatic rings. The molecule has 1 N–H and O–H groups in total. The number of carbonyl (C=O) groups is 1. The van der Waals surface area contributed by atoms with Gasteiger partial charge in [-0.2, -0.15) is 0 Å². The molecule has 0 amide bonds. The fourth-order valence-corrected chi connectivity index (χ4v) is 2.59. The molecule has 0 rings (SSSR count). The van der Waals surface area contributed by atoms with E-state index >= 15 is 0 Å². The van der Waals surface area contributed by atoms with Crippen molar-refractivity contribution in [1.29, 1.82) is 0 Å². The standard InChI is InChI=1S/C17H36N2O2/c1-8-10-11-12-19(15(5)6)13-17(7,18-14(3)4)16(20)21-9-2/h14-15,18H,8-13H2,1-7H3. The average Bonchev–Trinajstić information content (AvgIpc) is 2.37. The molecule has 0 saturated heterocycles. The Balaban J connectivity index is 4.91. The van der Waals surface area contributed by atoms with Crippen LogP contribution in [0.2, 0.25) is 0 Å². The predicted molar refractivity (Wildman–Crippen MR) is 89.5 cm³/mol. The zero-order valence-electron chi connectivity index (χ0n) is 15.2. The lowest BCUT2D eigenvalue weighted by atomic mass is 9.99. The largest absolute Gasteiger partial charge is 0.465 e. The Hall–Kier alpha value is -0.610. The van der Waals surface area contributed by atoms with E-state index < -0.39 is 5.54 Å². The highest BCUT2D eigenvalue weighted by Gasteiger charge is 2.37. The third-order valence-electron chi connectivity index (χ3n) is 3.63. The Morgan fingerprint density at radius 3 is 2.24 bits per heavy atom. The fraction of sp³-hybridized carbons (Fsp3) is 0.941. The van der Waals surface area contributed by atoms with Crippen LogP contribution in [0.1, 0.15) is 67.7 Å².